The molecule has 1 aliphatic heterocycles. The van der Waals surface area contributed by atoms with E-state index in [-0.39, 0.29) is 35.5 Å². The van der Waals surface area contributed by atoms with Crippen molar-refractivity contribution in [3.8, 4) is 6.07 Å². The number of nitrogens with zero attached hydrogens (tertiary/aromatic N) is 3. The Hall–Kier alpha value is -2.65. The van der Waals surface area contributed by atoms with E-state index in [1.807, 2.05) is 17.9 Å². The van der Waals surface area contributed by atoms with Crippen LogP contribution >= 0.6 is 11.6 Å². The highest BCUT2D eigenvalue weighted by molar-refractivity contribution is 6.32. The van der Waals surface area contributed by atoms with Gasteiger partial charge in [-0.25, -0.2) is 8.78 Å². The lowest BCUT2D eigenvalue weighted by Gasteiger charge is -2.31. The first-order valence-electron chi connectivity index (χ1n) is 9.11. The maximum Gasteiger partial charge on any atom is 0.224 e. The Labute approximate surface area is 167 Å². The summed E-state index contributed by atoms with van der Waals surface area (Å²) in [5, 5.41) is 9.38. The van der Waals surface area contributed by atoms with E-state index in [2.05, 4.69) is 0 Å². The third kappa shape index (κ3) is 4.26. The van der Waals surface area contributed by atoms with Crippen molar-refractivity contribution in [2.75, 3.05) is 18.0 Å². The summed E-state index contributed by atoms with van der Waals surface area (Å²) in [6.45, 7) is 3.25. The topological polar surface area (TPSA) is 47.3 Å². The van der Waals surface area contributed by atoms with E-state index in [1.54, 1.807) is 23.1 Å². The quantitative estimate of drug-likeness (QED) is 0.713. The van der Waals surface area contributed by atoms with Crippen LogP contribution in [0.4, 0.5) is 14.5 Å². The third-order valence-corrected chi connectivity index (χ3v) is 5.19. The van der Waals surface area contributed by atoms with E-state index in [0.29, 0.717) is 24.3 Å². The fraction of sp³-hybridized carbons (Fsp3) is 0.333. The minimum atomic E-state index is -0.524. The van der Waals surface area contributed by atoms with Crippen molar-refractivity contribution >= 4 is 23.2 Å². The number of carbonyl (C=O) groups excluding carboxylic acids is 1. The average molecular weight is 404 g/mol. The van der Waals surface area contributed by atoms with Gasteiger partial charge in [-0.1, -0.05) is 18.5 Å². The van der Waals surface area contributed by atoms with Crippen molar-refractivity contribution < 1.29 is 13.6 Å². The van der Waals surface area contributed by atoms with Gasteiger partial charge in [-0.2, -0.15) is 5.26 Å². The maximum absolute atomic E-state index is 14.3. The summed E-state index contributed by atoms with van der Waals surface area (Å²) in [6.07, 6.45) is 1.13. The van der Waals surface area contributed by atoms with Crippen molar-refractivity contribution in [2.45, 2.75) is 32.4 Å². The van der Waals surface area contributed by atoms with Gasteiger partial charge in [0.15, 0.2) is 0 Å². The second kappa shape index (κ2) is 8.57. The highest BCUT2D eigenvalue weighted by Crippen LogP contribution is 2.30. The van der Waals surface area contributed by atoms with Crippen LogP contribution in [0.5, 0.6) is 0 Å². The lowest BCUT2D eigenvalue weighted by Crippen LogP contribution is -2.37. The number of likely N-dealkylation sites (tertiary alicyclic amines) is 1. The first-order valence-corrected chi connectivity index (χ1v) is 9.48. The molecule has 0 spiro atoms. The number of rotatable bonds is 6. The molecular formula is C21H20ClF2N3O. The molecule has 28 heavy (non-hydrogen) atoms. The van der Waals surface area contributed by atoms with Gasteiger partial charge in [-0.15, -0.1) is 0 Å². The number of carbonyl (C=O) groups is 1. The van der Waals surface area contributed by atoms with Gasteiger partial charge in [0.1, 0.15) is 17.7 Å². The van der Waals surface area contributed by atoms with E-state index in [1.165, 1.54) is 0 Å². The number of anilines is 1. The van der Waals surface area contributed by atoms with Gasteiger partial charge < -0.3 is 9.80 Å². The summed E-state index contributed by atoms with van der Waals surface area (Å²) < 4.78 is 27.9. The second-order valence-electron chi connectivity index (χ2n) is 6.84. The minimum absolute atomic E-state index is 0.0382. The molecular weight excluding hydrogens is 384 g/mol. The fourth-order valence-corrected chi connectivity index (χ4v) is 3.72. The van der Waals surface area contributed by atoms with Crippen LogP contribution in [0, 0.1) is 23.0 Å². The molecule has 1 fully saturated rings. The Morgan fingerprint density at radius 3 is 2.75 bits per heavy atom. The van der Waals surface area contributed by atoms with Crippen LogP contribution in [-0.4, -0.2) is 29.9 Å². The van der Waals surface area contributed by atoms with Crippen molar-refractivity contribution in [1.29, 1.82) is 5.26 Å². The van der Waals surface area contributed by atoms with E-state index < -0.39 is 11.6 Å². The third-order valence-electron chi connectivity index (χ3n) is 4.88. The first-order chi connectivity index (χ1) is 13.4. The van der Waals surface area contributed by atoms with Crippen LogP contribution < -0.4 is 4.90 Å². The van der Waals surface area contributed by atoms with Crippen LogP contribution in [0.1, 0.15) is 30.9 Å². The van der Waals surface area contributed by atoms with Crippen LogP contribution in [0.15, 0.2) is 36.4 Å². The van der Waals surface area contributed by atoms with Crippen LogP contribution in [-0.2, 0) is 11.3 Å². The highest BCUT2D eigenvalue weighted by Gasteiger charge is 2.33. The standard InChI is InChI=1S/C21H20ClF2N3O/c1-2-7-26-13-18(10-21(26)28)27(12-15-8-16(23)4-6-20(15)24)17-5-3-14(11-25)19(22)9-17/h3-6,8-9,18H,2,7,10,12-13H2,1H3/t18-/m0/s1. The number of halogens is 3. The molecule has 7 heteroatoms. The monoisotopic (exact) mass is 403 g/mol. The molecule has 0 aromatic heterocycles. The van der Waals surface area contributed by atoms with Crippen molar-refractivity contribution in [2.24, 2.45) is 0 Å². The van der Waals surface area contributed by atoms with Crippen molar-refractivity contribution in [3.05, 3.63) is 64.2 Å². The molecule has 0 radical (unpaired) electrons. The molecule has 1 saturated heterocycles. The zero-order valence-electron chi connectivity index (χ0n) is 15.5. The molecule has 1 aliphatic rings. The summed E-state index contributed by atoms with van der Waals surface area (Å²) >= 11 is 6.19. The van der Waals surface area contributed by atoms with Gasteiger partial charge in [0, 0.05) is 37.3 Å². The van der Waals surface area contributed by atoms with Gasteiger partial charge in [0.25, 0.3) is 0 Å². The van der Waals surface area contributed by atoms with Gasteiger partial charge in [0.05, 0.1) is 16.6 Å². The molecule has 3 rings (SSSR count). The van der Waals surface area contributed by atoms with Crippen LogP contribution in [0.25, 0.3) is 0 Å². The molecule has 0 aliphatic carbocycles. The fourth-order valence-electron chi connectivity index (χ4n) is 3.50. The number of nitriles is 1. The van der Waals surface area contributed by atoms with Crippen LogP contribution in [0.3, 0.4) is 0 Å². The Morgan fingerprint density at radius 1 is 1.29 bits per heavy atom. The Kier molecular flexibility index (Phi) is 6.15. The summed E-state index contributed by atoms with van der Waals surface area (Å²) in [4.78, 5) is 16.0. The lowest BCUT2D eigenvalue weighted by molar-refractivity contribution is -0.127. The molecule has 146 valence electrons. The van der Waals surface area contributed by atoms with E-state index in [0.717, 1.165) is 24.6 Å². The Balaban J connectivity index is 1.97. The predicted octanol–water partition coefficient (Wildman–Crippen LogP) is 4.51. The van der Waals surface area contributed by atoms with Gasteiger partial charge in [0.2, 0.25) is 5.91 Å². The maximum atomic E-state index is 14.3. The van der Waals surface area contributed by atoms with Crippen molar-refractivity contribution in [3.63, 3.8) is 0 Å². The molecule has 0 bridgehead atoms. The first kappa shape index (κ1) is 20.1. The number of amides is 1. The SMILES string of the molecule is CCCN1C[C@@H](N(Cc2cc(F)ccc2F)c2ccc(C#N)c(Cl)c2)CC1=O. The summed E-state index contributed by atoms with van der Waals surface area (Å²) in [5.41, 5.74) is 1.18. The molecule has 0 N–H and O–H groups in total. The number of hydrogen-bond acceptors (Lipinski definition) is 3. The zero-order chi connectivity index (χ0) is 20.3. The molecule has 2 aromatic rings. The molecule has 0 unspecified atom stereocenters. The van der Waals surface area contributed by atoms with Gasteiger partial charge >= 0.3 is 0 Å². The molecule has 1 heterocycles. The van der Waals surface area contributed by atoms with Crippen LogP contribution in [0.2, 0.25) is 5.02 Å². The van der Waals surface area contributed by atoms with Crippen molar-refractivity contribution in [1.82, 2.24) is 4.90 Å². The highest BCUT2D eigenvalue weighted by atomic mass is 35.5. The van der Waals surface area contributed by atoms with Gasteiger partial charge in [-0.3, -0.25) is 4.79 Å². The molecule has 1 atom stereocenters. The Morgan fingerprint density at radius 2 is 2.07 bits per heavy atom. The summed E-state index contributed by atoms with van der Waals surface area (Å²) in [5.74, 6) is -0.999. The Bertz CT molecular complexity index is 928. The molecule has 2 aromatic carbocycles. The van der Waals surface area contributed by atoms with E-state index in [9.17, 15) is 13.6 Å². The average Bonchev–Trinajstić information content (AvgIpc) is 3.03. The number of benzene rings is 2. The second-order valence-corrected chi connectivity index (χ2v) is 7.24. The molecule has 1 amide bonds. The zero-order valence-corrected chi connectivity index (χ0v) is 16.2. The predicted molar refractivity (Wildman–Crippen MR) is 104 cm³/mol. The number of hydrogen-bond donors (Lipinski definition) is 0. The lowest BCUT2D eigenvalue weighted by atomic mass is 10.1. The summed E-state index contributed by atoms with van der Waals surface area (Å²) in [7, 11) is 0. The minimum Gasteiger partial charge on any atom is -0.362 e. The summed E-state index contributed by atoms with van der Waals surface area (Å²) in [6, 6.07) is 10.1. The van der Waals surface area contributed by atoms with E-state index >= 15 is 0 Å². The smallest absolute Gasteiger partial charge is 0.224 e. The van der Waals surface area contributed by atoms with Gasteiger partial charge in [-0.05, 0) is 42.8 Å². The normalized spacial score (nSPS) is 16.3. The van der Waals surface area contributed by atoms with E-state index in [4.69, 9.17) is 16.9 Å². The molecule has 4 nitrogen and oxygen atoms in total. The molecule has 0 saturated carbocycles. The largest absolute Gasteiger partial charge is 0.362 e.